The number of hydrogen-bond donors (Lipinski definition) is 0. The Labute approximate surface area is 99.4 Å². The van der Waals surface area contributed by atoms with Crippen LogP contribution in [0, 0.1) is 0 Å². The van der Waals surface area contributed by atoms with E-state index >= 15 is 0 Å². The van der Waals surface area contributed by atoms with Crippen LogP contribution in [0.3, 0.4) is 0 Å². The van der Waals surface area contributed by atoms with E-state index in [1.807, 2.05) is 30.3 Å². The number of benzene rings is 1. The molecule has 5 unspecified atom stereocenters. The Hall–Kier alpha value is -0.940. The second-order valence-corrected chi connectivity index (χ2v) is 4.69. The Kier molecular flexibility index (Phi) is 2.23. The fourth-order valence-corrected chi connectivity index (χ4v) is 2.56. The first-order valence-corrected chi connectivity index (χ1v) is 6.01. The summed E-state index contributed by atoms with van der Waals surface area (Å²) in [5.41, 5.74) is 1.05. The van der Waals surface area contributed by atoms with Gasteiger partial charge < -0.3 is 18.9 Å². The van der Waals surface area contributed by atoms with Crippen LogP contribution in [0.15, 0.2) is 30.3 Å². The molecular weight excluding hydrogens is 220 g/mol. The largest absolute Gasteiger partial charge is 0.370 e. The molecule has 0 aromatic heterocycles. The highest BCUT2D eigenvalue weighted by molar-refractivity contribution is 5.17. The van der Waals surface area contributed by atoms with Gasteiger partial charge in [-0.05, 0) is 0 Å². The van der Waals surface area contributed by atoms with Crippen LogP contribution in [-0.2, 0) is 18.9 Å². The SMILES string of the molecule is c1ccc(C2OCC3OCC4OC4C3O2)cc1. The highest BCUT2D eigenvalue weighted by atomic mass is 16.7. The fraction of sp³-hybridized carbons (Fsp3) is 0.538. The zero-order valence-electron chi connectivity index (χ0n) is 9.32. The fourth-order valence-electron chi connectivity index (χ4n) is 2.56. The van der Waals surface area contributed by atoms with E-state index in [-0.39, 0.29) is 30.7 Å². The lowest BCUT2D eigenvalue weighted by molar-refractivity contribution is -0.273. The lowest BCUT2D eigenvalue weighted by Gasteiger charge is -2.37. The molecule has 3 aliphatic rings. The molecule has 0 aliphatic carbocycles. The van der Waals surface area contributed by atoms with Crippen LogP contribution in [0.4, 0.5) is 0 Å². The van der Waals surface area contributed by atoms with Crippen LogP contribution in [-0.4, -0.2) is 37.6 Å². The van der Waals surface area contributed by atoms with Crippen molar-refractivity contribution in [3.05, 3.63) is 35.9 Å². The maximum atomic E-state index is 5.96. The zero-order valence-corrected chi connectivity index (χ0v) is 9.32. The Morgan fingerprint density at radius 1 is 0.824 bits per heavy atom. The highest BCUT2D eigenvalue weighted by Gasteiger charge is 2.55. The molecule has 0 radical (unpaired) electrons. The minimum absolute atomic E-state index is 0.0210. The lowest BCUT2D eigenvalue weighted by atomic mass is 10.0. The van der Waals surface area contributed by atoms with E-state index in [4.69, 9.17) is 18.9 Å². The van der Waals surface area contributed by atoms with E-state index in [0.29, 0.717) is 13.2 Å². The van der Waals surface area contributed by atoms with Gasteiger partial charge in [0, 0.05) is 5.56 Å². The summed E-state index contributed by atoms with van der Waals surface area (Å²) < 4.78 is 22.8. The van der Waals surface area contributed by atoms with Crippen LogP contribution in [0.25, 0.3) is 0 Å². The topological polar surface area (TPSA) is 40.2 Å². The monoisotopic (exact) mass is 234 g/mol. The Morgan fingerprint density at radius 2 is 1.59 bits per heavy atom. The summed E-state index contributed by atoms with van der Waals surface area (Å²) in [5, 5.41) is 0. The molecule has 0 spiro atoms. The molecule has 3 fully saturated rings. The summed E-state index contributed by atoms with van der Waals surface area (Å²) in [6, 6.07) is 9.99. The molecule has 3 heterocycles. The summed E-state index contributed by atoms with van der Waals surface area (Å²) in [5.74, 6) is 0. The van der Waals surface area contributed by atoms with E-state index in [1.54, 1.807) is 0 Å². The van der Waals surface area contributed by atoms with Crippen molar-refractivity contribution >= 4 is 0 Å². The highest BCUT2D eigenvalue weighted by Crippen LogP contribution is 2.40. The van der Waals surface area contributed by atoms with E-state index in [1.165, 1.54) is 0 Å². The van der Waals surface area contributed by atoms with Crippen molar-refractivity contribution in [2.45, 2.75) is 30.7 Å². The molecule has 5 atom stereocenters. The molecule has 0 bridgehead atoms. The normalized spacial score (nSPS) is 43.6. The summed E-state index contributed by atoms with van der Waals surface area (Å²) in [6.45, 7) is 1.26. The second kappa shape index (κ2) is 3.78. The van der Waals surface area contributed by atoms with E-state index in [9.17, 15) is 0 Å². The van der Waals surface area contributed by atoms with Gasteiger partial charge in [0.05, 0.1) is 13.2 Å². The Balaban J connectivity index is 1.53. The maximum absolute atomic E-state index is 5.96. The first-order chi connectivity index (χ1) is 8.42. The van der Waals surface area contributed by atoms with Crippen LogP contribution in [0.5, 0.6) is 0 Å². The van der Waals surface area contributed by atoms with Crippen molar-refractivity contribution in [3.63, 3.8) is 0 Å². The predicted octanol–water partition coefficient (Wildman–Crippen LogP) is 1.27. The molecule has 4 nitrogen and oxygen atoms in total. The summed E-state index contributed by atoms with van der Waals surface area (Å²) in [7, 11) is 0. The van der Waals surface area contributed by atoms with Gasteiger partial charge in [-0.3, -0.25) is 0 Å². The minimum Gasteiger partial charge on any atom is -0.370 e. The zero-order chi connectivity index (χ0) is 11.2. The lowest BCUT2D eigenvalue weighted by Crippen LogP contribution is -2.49. The van der Waals surface area contributed by atoms with Crippen molar-refractivity contribution in [1.29, 1.82) is 0 Å². The van der Waals surface area contributed by atoms with Gasteiger partial charge in [-0.15, -0.1) is 0 Å². The van der Waals surface area contributed by atoms with Crippen molar-refractivity contribution in [3.8, 4) is 0 Å². The summed E-state index contributed by atoms with van der Waals surface area (Å²) >= 11 is 0. The van der Waals surface area contributed by atoms with Gasteiger partial charge in [0.2, 0.25) is 0 Å². The first-order valence-electron chi connectivity index (χ1n) is 6.01. The Bertz CT molecular complexity index is 407. The molecule has 3 aliphatic heterocycles. The van der Waals surface area contributed by atoms with Gasteiger partial charge in [-0.25, -0.2) is 0 Å². The molecule has 0 saturated carbocycles. The molecule has 1 aromatic carbocycles. The number of hydrogen-bond acceptors (Lipinski definition) is 4. The Morgan fingerprint density at radius 3 is 2.47 bits per heavy atom. The third-order valence-electron chi connectivity index (χ3n) is 3.55. The van der Waals surface area contributed by atoms with Crippen LogP contribution >= 0.6 is 0 Å². The van der Waals surface area contributed by atoms with Gasteiger partial charge in [-0.2, -0.15) is 0 Å². The van der Waals surface area contributed by atoms with Crippen molar-refractivity contribution < 1.29 is 18.9 Å². The van der Waals surface area contributed by atoms with Crippen LogP contribution in [0.2, 0.25) is 0 Å². The molecule has 0 amide bonds. The average Bonchev–Trinajstić information content (AvgIpc) is 3.19. The van der Waals surface area contributed by atoms with Crippen molar-refractivity contribution in [2.75, 3.05) is 13.2 Å². The van der Waals surface area contributed by atoms with Gasteiger partial charge in [-0.1, -0.05) is 30.3 Å². The molecule has 4 rings (SSSR count). The smallest absolute Gasteiger partial charge is 0.184 e. The molecular formula is C13H14O4. The number of ether oxygens (including phenoxy) is 4. The summed E-state index contributed by atoms with van der Waals surface area (Å²) in [4.78, 5) is 0. The van der Waals surface area contributed by atoms with E-state index < -0.39 is 0 Å². The number of fused-ring (bicyclic) bond motifs is 3. The standard InChI is InChI=1S/C13H14O4/c1-2-4-8(5-3-1)13-15-6-9-11(17-13)12-10(16-12)7-14-9/h1-5,9-13H,6-7H2. The van der Waals surface area contributed by atoms with Crippen molar-refractivity contribution in [1.82, 2.24) is 0 Å². The number of epoxide rings is 1. The third-order valence-corrected chi connectivity index (χ3v) is 3.55. The van der Waals surface area contributed by atoms with Gasteiger partial charge in [0.15, 0.2) is 6.29 Å². The van der Waals surface area contributed by atoms with Gasteiger partial charge in [0.25, 0.3) is 0 Å². The predicted molar refractivity (Wildman–Crippen MR) is 58.4 cm³/mol. The van der Waals surface area contributed by atoms with Crippen LogP contribution in [0.1, 0.15) is 11.9 Å². The molecule has 3 saturated heterocycles. The maximum Gasteiger partial charge on any atom is 0.184 e. The van der Waals surface area contributed by atoms with E-state index in [0.717, 1.165) is 5.56 Å². The molecule has 1 aromatic rings. The number of rotatable bonds is 1. The average molecular weight is 234 g/mol. The quantitative estimate of drug-likeness (QED) is 0.686. The van der Waals surface area contributed by atoms with Gasteiger partial charge >= 0.3 is 0 Å². The first kappa shape index (κ1) is 10.0. The van der Waals surface area contributed by atoms with E-state index in [2.05, 4.69) is 0 Å². The third kappa shape index (κ3) is 1.68. The summed E-state index contributed by atoms with van der Waals surface area (Å²) in [6.07, 6.45) is 0.213. The van der Waals surface area contributed by atoms with Crippen molar-refractivity contribution in [2.24, 2.45) is 0 Å². The molecule has 17 heavy (non-hydrogen) atoms. The molecule has 90 valence electrons. The molecule has 4 heteroatoms. The molecule has 0 N–H and O–H groups in total. The minimum atomic E-state index is -0.288. The second-order valence-electron chi connectivity index (χ2n) is 4.69. The van der Waals surface area contributed by atoms with Crippen LogP contribution < -0.4 is 0 Å². The van der Waals surface area contributed by atoms with Gasteiger partial charge in [0.1, 0.15) is 24.4 Å².